The second-order valence-corrected chi connectivity index (χ2v) is 44.8. The van der Waals surface area contributed by atoms with Gasteiger partial charge in [-0.2, -0.15) is 0 Å². The number of fused-ring (bicyclic) bond motifs is 18. The third-order valence-electron chi connectivity index (χ3n) is 18.0. The van der Waals surface area contributed by atoms with Gasteiger partial charge in [0, 0.05) is 0 Å². The third kappa shape index (κ3) is 9.89. The molecule has 0 amide bonds. The maximum absolute atomic E-state index is 8.60. The molecule has 10 aromatic rings. The fourth-order valence-corrected chi connectivity index (χ4v) is 39.5. The fourth-order valence-electron chi connectivity index (χ4n) is 14.0. The van der Waals surface area contributed by atoms with Crippen molar-refractivity contribution >= 4 is 136 Å². The monoisotopic (exact) mass is 1350 g/mol. The minimum atomic E-state index is -6.12. The molecule has 0 saturated heterocycles. The molecule has 14 nitrogen and oxygen atoms in total. The van der Waals surface area contributed by atoms with E-state index in [4.69, 9.17) is 54.4 Å². The van der Waals surface area contributed by atoms with Crippen LogP contribution < -0.4 is 29.9 Å². The summed E-state index contributed by atoms with van der Waals surface area (Å²) < 4.78 is 51.1. The summed E-state index contributed by atoms with van der Waals surface area (Å²) in [6.07, 6.45) is 7.19. The van der Waals surface area contributed by atoms with Gasteiger partial charge in [-0.15, -0.1) is 0 Å². The van der Waals surface area contributed by atoms with Crippen molar-refractivity contribution in [3.05, 3.63) is 153 Å². The molecule has 0 atom stereocenters. The number of unbranched alkanes of at least 4 members (excludes halogenated alkanes) is 4. The number of amidine groups is 4. The number of hydrogen-bond acceptors (Lipinski definition) is 12. The number of aromatic nitrogens is 2. The van der Waals surface area contributed by atoms with Crippen molar-refractivity contribution in [2.45, 2.75) is 146 Å². The van der Waals surface area contributed by atoms with Crippen LogP contribution in [0.4, 0.5) is 11.6 Å². The van der Waals surface area contributed by atoms with E-state index in [1.807, 2.05) is 0 Å². The number of benzene rings is 8. The summed E-state index contributed by atoms with van der Waals surface area (Å²) in [6, 6.07) is 34.3. The van der Waals surface area contributed by atoms with Gasteiger partial charge in [-0.1, -0.05) is 0 Å². The number of aryl methyl sites for hydroxylation is 4. The summed E-state index contributed by atoms with van der Waals surface area (Å²) in [4.78, 5) is 36.4. The van der Waals surface area contributed by atoms with Crippen LogP contribution >= 0.6 is 0 Å². The Balaban J connectivity index is 1.34. The normalized spacial score (nSPS) is 14.7. The van der Waals surface area contributed by atoms with Crippen LogP contribution in [0.3, 0.4) is 0 Å². The van der Waals surface area contributed by atoms with E-state index in [2.05, 4.69) is 197 Å². The molecular weight excluding hydrogens is 1270 g/mol. The predicted molar refractivity (Wildman–Crippen MR) is 381 cm³/mol. The van der Waals surface area contributed by atoms with Gasteiger partial charge in [0.05, 0.1) is 0 Å². The van der Waals surface area contributed by atoms with Crippen LogP contribution in [0, 0.1) is 27.7 Å². The van der Waals surface area contributed by atoms with Crippen molar-refractivity contribution in [1.82, 2.24) is 5.58 Å². The van der Waals surface area contributed by atoms with Crippen molar-refractivity contribution < 1.29 is 24.5 Å². The standard InChI is InChI=1S/C68H64N8O4.2C3H9OSi.Sn/c1-9-13-33-77-57-45-29-21-17-25-41(45)37(5)49-53(57)65-70-61(49)69-62-50-38(6)42-26-18-22-30-46(42)58(78-34-14-10-2)54(50)66(71-62)73-64-52-40(8)44-28-20-24-32-48(44)60(80-36-16-12-4)56(52)68(75-64)76-67-55-51(63(72-65)74-67)39(7)43-27-19-23-31-47(43)59(55)79-35-15-11-3;2*1-5(2,3)4;/h17-32H,9-16,33-36H2,1-8H3;2*1-3H3;/q-2;2*-1;+4. The van der Waals surface area contributed by atoms with Crippen molar-refractivity contribution in [3.63, 3.8) is 0 Å². The number of aliphatic imine (C=N–C) groups is 4. The Morgan fingerprint density at radius 2 is 0.659 bits per heavy atom. The molecule has 0 fully saturated rings. The van der Waals surface area contributed by atoms with Crippen LogP contribution in [-0.2, 0) is 5.53 Å². The maximum atomic E-state index is 8.60. The van der Waals surface area contributed by atoms with Crippen LogP contribution in [0.1, 0.15) is 124 Å². The molecule has 0 unspecified atom stereocenters. The Kier molecular flexibility index (Phi) is 15.8. The average molecular weight is 1350 g/mol. The van der Waals surface area contributed by atoms with Crippen molar-refractivity contribution in [3.8, 4) is 23.0 Å². The van der Waals surface area contributed by atoms with Gasteiger partial charge in [0.15, 0.2) is 0 Å². The van der Waals surface area contributed by atoms with E-state index >= 15 is 0 Å². The summed E-state index contributed by atoms with van der Waals surface area (Å²) in [7, 11) is -5.76. The predicted octanol–water partition coefficient (Wildman–Crippen LogP) is 17.6. The molecule has 4 aliphatic rings. The van der Waals surface area contributed by atoms with E-state index in [-0.39, 0.29) is 0 Å². The number of nitrogens with zero attached hydrogens (tertiary/aromatic N) is 8. The van der Waals surface area contributed by atoms with E-state index in [0.29, 0.717) is 89.6 Å². The molecular formula is C74H82N8O6Si2Sn. The van der Waals surface area contributed by atoms with Crippen molar-refractivity contribution in [2.75, 3.05) is 26.4 Å². The van der Waals surface area contributed by atoms with Gasteiger partial charge in [-0.05, 0) is 0 Å². The summed E-state index contributed by atoms with van der Waals surface area (Å²) >= 11 is -6.12. The number of rotatable bonds is 20. The molecule has 4 aliphatic heterocycles. The zero-order chi connectivity index (χ0) is 63.4. The molecule has 14 rings (SSSR count). The van der Waals surface area contributed by atoms with E-state index in [1.165, 1.54) is 0 Å². The molecule has 0 aliphatic carbocycles. The first-order valence-electron chi connectivity index (χ1n) is 33.0. The molecule has 0 spiro atoms. The van der Waals surface area contributed by atoms with E-state index < -0.39 is 36.4 Å². The molecule has 466 valence electrons. The SMILES string of the molecule is CCCCOc1c2c(c(C)c3ccccc13)C1=NC2=Nc2c3c(C)c4ccccc4c(OCCCC)c3c3[n]2[Sn]([O][Si](C)(C)C)([O][Si](C)(C)C)[n]2c(c4c(C)c5ccccc5c(OCCCC)c4c2=NC2=NC(=N3)c3c2c(C)c2ccccc2c3OCCCC)=N1. The Labute approximate surface area is 540 Å². The van der Waals surface area contributed by atoms with Gasteiger partial charge in [-0.25, -0.2) is 0 Å². The zero-order valence-corrected chi connectivity index (χ0v) is 60.1. The van der Waals surface area contributed by atoms with Gasteiger partial charge in [-0.3, -0.25) is 0 Å². The zero-order valence-electron chi connectivity index (χ0n) is 55.3. The molecule has 0 N–H and O–H groups in total. The second kappa shape index (κ2) is 23.6. The number of hydrogen-bond donors (Lipinski definition) is 0. The van der Waals surface area contributed by atoms with Crippen LogP contribution in [0.2, 0.25) is 39.3 Å². The fraction of sp³-hybridized carbons (Fsp3) is 0.351. The summed E-state index contributed by atoms with van der Waals surface area (Å²) in [5.41, 5.74) is 8.49. The van der Waals surface area contributed by atoms with Crippen molar-refractivity contribution in [1.29, 1.82) is 0 Å². The van der Waals surface area contributed by atoms with Gasteiger partial charge < -0.3 is 0 Å². The number of ether oxygens (including phenoxy) is 4. The van der Waals surface area contributed by atoms with Gasteiger partial charge in [0.1, 0.15) is 0 Å². The first kappa shape index (κ1) is 61.0. The molecule has 6 bridgehead atoms. The Hall–Kier alpha value is -7.49. The summed E-state index contributed by atoms with van der Waals surface area (Å²) in [6.45, 7) is 33.2. The van der Waals surface area contributed by atoms with E-state index in [1.54, 1.807) is 0 Å². The molecule has 6 heterocycles. The van der Waals surface area contributed by atoms with Crippen LogP contribution in [0.25, 0.3) is 64.6 Å². The van der Waals surface area contributed by atoms with Crippen LogP contribution in [0.5, 0.6) is 23.0 Å². The molecule has 2 aromatic heterocycles. The quantitative estimate of drug-likeness (QED) is 0.0550. The topological polar surface area (TPSA) is 139 Å². The van der Waals surface area contributed by atoms with E-state index in [0.717, 1.165) is 166 Å². The molecule has 0 saturated carbocycles. The Morgan fingerprint density at radius 1 is 0.341 bits per heavy atom. The first-order valence-corrected chi connectivity index (χ1v) is 44.7. The Morgan fingerprint density at radius 3 is 1.05 bits per heavy atom. The first-order chi connectivity index (χ1) is 43.9. The van der Waals surface area contributed by atoms with Gasteiger partial charge in [0.2, 0.25) is 0 Å². The van der Waals surface area contributed by atoms with Crippen LogP contribution in [0.15, 0.2) is 127 Å². The molecule has 17 heteroatoms. The van der Waals surface area contributed by atoms with Gasteiger partial charge in [0.25, 0.3) is 0 Å². The molecule has 91 heavy (non-hydrogen) atoms. The van der Waals surface area contributed by atoms with Gasteiger partial charge >= 0.3 is 544 Å². The molecule has 8 aromatic carbocycles. The Bertz CT molecular complexity index is 4970. The van der Waals surface area contributed by atoms with Crippen molar-refractivity contribution in [2.24, 2.45) is 30.0 Å². The summed E-state index contributed by atoms with van der Waals surface area (Å²) in [5, 5.41) is 11.4. The third-order valence-corrected chi connectivity index (χ3v) is 40.5. The average Bonchev–Trinajstić information content (AvgIpc) is 1.52. The summed E-state index contributed by atoms with van der Waals surface area (Å²) in [5.74, 6) is 5.95. The van der Waals surface area contributed by atoms with E-state index in [9.17, 15) is 0 Å². The second-order valence-electron chi connectivity index (χ2n) is 26.7. The minimum absolute atomic E-state index is 0.461. The van der Waals surface area contributed by atoms with Crippen LogP contribution in [-0.4, -0.2) is 91.7 Å². The molecule has 0 radical (unpaired) electrons.